The molecule has 2 aliphatic rings. The summed E-state index contributed by atoms with van der Waals surface area (Å²) in [4.78, 5) is 22.2. The number of hydrogen-bond donors (Lipinski definition) is 2. The van der Waals surface area contributed by atoms with E-state index >= 15 is 0 Å². The van der Waals surface area contributed by atoms with Crippen molar-refractivity contribution in [1.82, 2.24) is 25.1 Å². The first-order valence-corrected chi connectivity index (χ1v) is 15.0. The summed E-state index contributed by atoms with van der Waals surface area (Å²) in [7, 11) is 1.55. The molecule has 2 atom stereocenters. The van der Waals surface area contributed by atoms with Gasteiger partial charge in [-0.25, -0.2) is 9.67 Å². The molecule has 0 saturated carbocycles. The maximum absolute atomic E-state index is 14.9. The number of nitrogens with one attached hydrogen (secondary N) is 1. The van der Waals surface area contributed by atoms with Crippen molar-refractivity contribution in [3.8, 4) is 28.4 Å². The fraction of sp³-hybridized carbons (Fsp3) is 0.394. The van der Waals surface area contributed by atoms with Crippen molar-refractivity contribution in [3.63, 3.8) is 0 Å². The molecule has 242 valence electrons. The molecule has 46 heavy (non-hydrogen) atoms. The van der Waals surface area contributed by atoms with Gasteiger partial charge >= 0.3 is 12.1 Å². The van der Waals surface area contributed by atoms with Gasteiger partial charge in [-0.1, -0.05) is 24.3 Å². The first kappa shape index (κ1) is 31.3. The number of ether oxygens (including phenoxy) is 2. The highest BCUT2D eigenvalue weighted by molar-refractivity contribution is 5.74. The minimum Gasteiger partial charge on any atom is -0.497 e. The van der Waals surface area contributed by atoms with Crippen molar-refractivity contribution >= 4 is 11.8 Å². The Labute approximate surface area is 264 Å². The lowest BCUT2D eigenvalue weighted by Gasteiger charge is -2.39. The van der Waals surface area contributed by atoms with E-state index in [0.29, 0.717) is 48.9 Å². The van der Waals surface area contributed by atoms with E-state index in [1.807, 2.05) is 23.1 Å². The van der Waals surface area contributed by atoms with E-state index in [0.717, 1.165) is 18.4 Å². The smallest absolute Gasteiger partial charge is 0.429 e. The molecule has 1 unspecified atom stereocenters. The molecule has 2 saturated heterocycles. The number of aliphatic carboxylic acids is 1. The van der Waals surface area contributed by atoms with E-state index in [1.54, 1.807) is 51.4 Å². The number of carboxylic acids is 1. The van der Waals surface area contributed by atoms with Gasteiger partial charge in [0.1, 0.15) is 23.4 Å². The number of benzene rings is 2. The van der Waals surface area contributed by atoms with Crippen molar-refractivity contribution < 1.29 is 32.5 Å². The Balaban J connectivity index is 1.31. The van der Waals surface area contributed by atoms with Crippen LogP contribution in [0.4, 0.5) is 19.0 Å². The maximum Gasteiger partial charge on any atom is 0.429 e. The number of methoxy groups -OCH3 is 1. The molecule has 0 bridgehead atoms. The molecule has 6 rings (SSSR count). The van der Waals surface area contributed by atoms with Gasteiger partial charge in [-0.15, -0.1) is 0 Å². The van der Waals surface area contributed by atoms with Crippen LogP contribution in [0.25, 0.3) is 16.8 Å². The largest absolute Gasteiger partial charge is 0.497 e. The predicted octanol–water partition coefficient (Wildman–Crippen LogP) is 5.67. The fourth-order valence-electron chi connectivity index (χ4n) is 6.35. The average molecular weight is 637 g/mol. The summed E-state index contributed by atoms with van der Waals surface area (Å²) in [5, 5.41) is 16.9. The summed E-state index contributed by atoms with van der Waals surface area (Å²) in [6.07, 6.45) is -3.50. The fourth-order valence-corrected chi connectivity index (χ4v) is 6.35. The van der Waals surface area contributed by atoms with Crippen LogP contribution in [0.2, 0.25) is 0 Å². The molecule has 2 aromatic heterocycles. The van der Waals surface area contributed by atoms with E-state index in [-0.39, 0.29) is 28.4 Å². The average Bonchev–Trinajstić information content (AvgIpc) is 3.66. The Hall–Kier alpha value is -4.65. The number of hydrogen-bond acceptors (Lipinski definition) is 8. The number of aryl methyl sites for hydroxylation is 2. The van der Waals surface area contributed by atoms with Crippen LogP contribution in [0.5, 0.6) is 11.6 Å². The quantitative estimate of drug-likeness (QED) is 0.253. The molecule has 4 heterocycles. The number of alkyl halides is 3. The van der Waals surface area contributed by atoms with Crippen molar-refractivity contribution in [2.75, 3.05) is 31.6 Å². The third kappa shape index (κ3) is 6.50. The lowest BCUT2D eigenvalue weighted by atomic mass is 9.76. The summed E-state index contributed by atoms with van der Waals surface area (Å²) in [5.41, 5.74) is 2.07. The van der Waals surface area contributed by atoms with Gasteiger partial charge in [0.2, 0.25) is 12.0 Å². The van der Waals surface area contributed by atoms with Crippen LogP contribution < -0.4 is 19.7 Å². The van der Waals surface area contributed by atoms with Gasteiger partial charge < -0.3 is 24.8 Å². The van der Waals surface area contributed by atoms with Crippen LogP contribution >= 0.6 is 0 Å². The van der Waals surface area contributed by atoms with Crippen LogP contribution in [0.1, 0.15) is 42.4 Å². The van der Waals surface area contributed by atoms with E-state index in [1.165, 1.54) is 16.8 Å². The monoisotopic (exact) mass is 636 g/mol. The Morgan fingerprint density at radius 2 is 1.83 bits per heavy atom. The summed E-state index contributed by atoms with van der Waals surface area (Å²) < 4.78 is 57.1. The van der Waals surface area contributed by atoms with Gasteiger partial charge in [0, 0.05) is 37.5 Å². The molecule has 0 aliphatic carbocycles. The van der Waals surface area contributed by atoms with Gasteiger partial charge in [-0.05, 0) is 73.9 Å². The Morgan fingerprint density at radius 3 is 2.48 bits per heavy atom. The molecule has 2 N–H and O–H groups in total. The number of aromatic nitrogens is 4. The van der Waals surface area contributed by atoms with Crippen LogP contribution in [0.3, 0.4) is 0 Å². The zero-order chi connectivity index (χ0) is 32.6. The van der Waals surface area contributed by atoms with Crippen molar-refractivity contribution in [2.45, 2.75) is 51.4 Å². The minimum atomic E-state index is -4.79. The highest BCUT2D eigenvalue weighted by Gasteiger charge is 2.46. The number of nitrogens with zero attached hydrogens (tertiary/aromatic N) is 5. The first-order chi connectivity index (χ1) is 21.9. The molecule has 13 heteroatoms. The number of carboxylic acid groups (broad SMARTS) is 1. The van der Waals surface area contributed by atoms with E-state index < -0.39 is 24.3 Å². The van der Waals surface area contributed by atoms with Gasteiger partial charge in [-0.3, -0.25) is 4.79 Å². The molecule has 0 radical (unpaired) electrons. The van der Waals surface area contributed by atoms with Crippen LogP contribution in [-0.4, -0.2) is 69.8 Å². The summed E-state index contributed by atoms with van der Waals surface area (Å²) in [6.45, 7) is 5.17. The molecule has 0 amide bonds. The highest BCUT2D eigenvalue weighted by atomic mass is 19.4. The first-order valence-electron chi connectivity index (χ1n) is 15.0. The van der Waals surface area contributed by atoms with Gasteiger partial charge in [0.15, 0.2) is 0 Å². The third-order valence-corrected chi connectivity index (χ3v) is 8.83. The Kier molecular flexibility index (Phi) is 8.36. The van der Waals surface area contributed by atoms with E-state index in [4.69, 9.17) is 9.47 Å². The Bertz CT molecular complexity index is 1730. The van der Waals surface area contributed by atoms with Crippen LogP contribution in [-0.2, 0) is 4.79 Å². The molecular weight excluding hydrogens is 601 g/mol. The topological polar surface area (TPSA) is 115 Å². The second kappa shape index (κ2) is 12.3. The third-order valence-electron chi connectivity index (χ3n) is 8.83. The molecule has 1 spiro atoms. The lowest BCUT2D eigenvalue weighted by molar-refractivity contribution is -0.198. The molecule has 2 aliphatic heterocycles. The van der Waals surface area contributed by atoms with Crippen LogP contribution in [0, 0.1) is 19.3 Å². The Morgan fingerprint density at radius 1 is 1.07 bits per heavy atom. The van der Waals surface area contributed by atoms with Crippen molar-refractivity contribution in [1.29, 1.82) is 0 Å². The van der Waals surface area contributed by atoms with E-state index in [2.05, 4.69) is 20.4 Å². The second-order valence-electron chi connectivity index (χ2n) is 12.0. The van der Waals surface area contributed by atoms with Gasteiger partial charge in [0.25, 0.3) is 0 Å². The molecular formula is C33H35F3N6O4. The number of halogens is 3. The lowest BCUT2D eigenvalue weighted by Crippen LogP contribution is -2.41. The van der Waals surface area contributed by atoms with Gasteiger partial charge in [-0.2, -0.15) is 23.3 Å². The van der Waals surface area contributed by atoms with E-state index in [9.17, 15) is 23.1 Å². The van der Waals surface area contributed by atoms with Gasteiger partial charge in [0.05, 0.1) is 18.5 Å². The summed E-state index contributed by atoms with van der Waals surface area (Å²) in [5.74, 6) is 0.317. The summed E-state index contributed by atoms with van der Waals surface area (Å²) >= 11 is 0. The van der Waals surface area contributed by atoms with Crippen molar-refractivity contribution in [3.05, 3.63) is 77.9 Å². The van der Waals surface area contributed by atoms with Crippen LogP contribution in [0.15, 0.2) is 60.8 Å². The SMILES string of the molecule is COc1cccc(-c2ccc([C@@H](Oc3cc(N4CCC5(CC4)CNC(C(=O)O)C5)nc(C)n3)C(F)(F)F)c(-n3ccc(C)n3)c2)c1. The second-order valence-corrected chi connectivity index (χ2v) is 12.0. The zero-order valence-corrected chi connectivity index (χ0v) is 25.7. The summed E-state index contributed by atoms with van der Waals surface area (Å²) in [6, 6.07) is 14.6. The predicted molar refractivity (Wildman–Crippen MR) is 164 cm³/mol. The maximum atomic E-state index is 14.9. The molecule has 2 aromatic carbocycles. The normalized spacial score (nSPS) is 18.5. The zero-order valence-electron chi connectivity index (χ0n) is 25.7. The molecule has 4 aromatic rings. The number of rotatable bonds is 8. The molecule has 10 nitrogen and oxygen atoms in total. The minimum absolute atomic E-state index is 0.123. The molecule has 2 fully saturated rings. The number of carbonyl (C=O) groups is 1. The highest BCUT2D eigenvalue weighted by Crippen LogP contribution is 2.42. The van der Waals surface area contributed by atoms with Crippen molar-refractivity contribution in [2.24, 2.45) is 5.41 Å². The number of anilines is 1. The number of piperidine rings is 1. The standard InChI is InChI=1S/C33H35F3N6O4/c1-20-9-12-42(40-20)27-16-23(22-5-4-6-24(15-22)45-3)7-8-25(27)30(33(34,35)36)46-29-17-28(38-21(2)39-29)41-13-10-32(11-14-41)18-26(31(43)44)37-19-32/h4-9,12,15-17,26,30,37H,10-11,13-14,18-19H2,1-3H3,(H,43,44)/t26?,30-/m1/s1.